The summed E-state index contributed by atoms with van der Waals surface area (Å²) in [6, 6.07) is 5.23. The molecule has 0 fully saturated rings. The number of H-pyrrole nitrogens is 1. The first-order valence-corrected chi connectivity index (χ1v) is 7.97. The van der Waals surface area contributed by atoms with Gasteiger partial charge in [0, 0.05) is 24.1 Å². The van der Waals surface area contributed by atoms with Crippen LogP contribution >= 0.6 is 0 Å². The van der Waals surface area contributed by atoms with Gasteiger partial charge in [0.05, 0.1) is 17.8 Å². The van der Waals surface area contributed by atoms with Crippen LogP contribution in [0.15, 0.2) is 35.6 Å². The van der Waals surface area contributed by atoms with Gasteiger partial charge >= 0.3 is 0 Å². The number of sulfonamides is 1. The molecule has 20 heavy (non-hydrogen) atoms. The summed E-state index contributed by atoms with van der Waals surface area (Å²) in [5.41, 5.74) is 2.81. The van der Waals surface area contributed by atoms with Crippen molar-refractivity contribution in [3.8, 4) is 0 Å². The zero-order valence-corrected chi connectivity index (χ0v) is 11.7. The number of fused-ring (bicyclic) bond motifs is 1. The van der Waals surface area contributed by atoms with Gasteiger partial charge in [-0.25, -0.2) is 18.1 Å². The molecule has 1 aromatic heterocycles. The van der Waals surface area contributed by atoms with E-state index in [0.29, 0.717) is 0 Å². The van der Waals surface area contributed by atoms with E-state index in [1.165, 1.54) is 11.9 Å². The summed E-state index contributed by atoms with van der Waals surface area (Å²) >= 11 is 0. The van der Waals surface area contributed by atoms with Crippen LogP contribution in [0.5, 0.6) is 0 Å². The monoisotopic (exact) mass is 292 g/mol. The maximum atomic E-state index is 12.2. The molecule has 0 unspecified atom stereocenters. The first kappa shape index (κ1) is 13.1. The van der Waals surface area contributed by atoms with Crippen molar-refractivity contribution in [3.63, 3.8) is 0 Å². The highest BCUT2D eigenvalue weighted by Gasteiger charge is 2.17. The molecule has 3 N–H and O–H groups in total. The number of hydrogen-bond donors (Lipinski definition) is 3. The first-order valence-electron chi connectivity index (χ1n) is 6.49. The van der Waals surface area contributed by atoms with Crippen LogP contribution in [0.2, 0.25) is 0 Å². The summed E-state index contributed by atoms with van der Waals surface area (Å²) in [6.45, 7) is 1.09. The Morgan fingerprint density at radius 3 is 3.05 bits per heavy atom. The normalized spacial score (nSPS) is 14.6. The lowest BCUT2D eigenvalue weighted by molar-refractivity contribution is 0.580. The highest BCUT2D eigenvalue weighted by molar-refractivity contribution is 7.89. The van der Waals surface area contributed by atoms with Gasteiger partial charge in [-0.15, -0.1) is 0 Å². The molecule has 6 nitrogen and oxygen atoms in total. The van der Waals surface area contributed by atoms with E-state index < -0.39 is 10.0 Å². The summed E-state index contributed by atoms with van der Waals surface area (Å²) in [6.07, 6.45) is 5.19. The number of aryl methyl sites for hydroxylation is 1. The van der Waals surface area contributed by atoms with E-state index in [1.807, 2.05) is 6.07 Å². The number of aromatic amines is 1. The van der Waals surface area contributed by atoms with Gasteiger partial charge in [0.2, 0.25) is 10.0 Å². The summed E-state index contributed by atoms with van der Waals surface area (Å²) in [7, 11) is -3.51. The lowest BCUT2D eigenvalue weighted by atomic mass is 10.0. The minimum atomic E-state index is -3.51. The molecular formula is C13H16N4O2S. The maximum Gasteiger partial charge on any atom is 0.240 e. The average molecular weight is 292 g/mol. The van der Waals surface area contributed by atoms with E-state index >= 15 is 0 Å². The molecule has 0 saturated heterocycles. The van der Waals surface area contributed by atoms with Crippen LogP contribution in [-0.2, 0) is 23.0 Å². The van der Waals surface area contributed by atoms with Crippen molar-refractivity contribution in [3.05, 3.63) is 42.0 Å². The van der Waals surface area contributed by atoms with Crippen molar-refractivity contribution in [1.29, 1.82) is 0 Å². The van der Waals surface area contributed by atoms with Crippen molar-refractivity contribution in [2.45, 2.75) is 24.3 Å². The van der Waals surface area contributed by atoms with E-state index in [0.717, 1.165) is 30.8 Å². The number of imidazole rings is 1. The Bertz CT molecular complexity index is 695. The smallest absolute Gasteiger partial charge is 0.240 e. The predicted octanol–water partition coefficient (Wildman–Crippen LogP) is 1.25. The van der Waals surface area contributed by atoms with Crippen molar-refractivity contribution in [1.82, 2.24) is 14.7 Å². The van der Waals surface area contributed by atoms with E-state index in [-0.39, 0.29) is 11.4 Å². The van der Waals surface area contributed by atoms with E-state index in [2.05, 4.69) is 20.0 Å². The van der Waals surface area contributed by atoms with Crippen molar-refractivity contribution < 1.29 is 8.42 Å². The highest BCUT2D eigenvalue weighted by atomic mass is 32.2. The maximum absolute atomic E-state index is 12.2. The molecule has 0 bridgehead atoms. The third-order valence-corrected chi connectivity index (χ3v) is 4.74. The van der Waals surface area contributed by atoms with E-state index in [4.69, 9.17) is 0 Å². The van der Waals surface area contributed by atoms with Gasteiger partial charge in [-0.3, -0.25) is 0 Å². The van der Waals surface area contributed by atoms with Crippen LogP contribution < -0.4 is 10.0 Å². The van der Waals surface area contributed by atoms with Crippen LogP contribution in [0.1, 0.15) is 17.7 Å². The van der Waals surface area contributed by atoms with Crippen molar-refractivity contribution in [2.24, 2.45) is 0 Å². The molecule has 0 atom stereocenters. The zero-order valence-electron chi connectivity index (χ0n) is 10.9. The van der Waals surface area contributed by atoms with Gasteiger partial charge in [0.15, 0.2) is 0 Å². The molecule has 0 spiro atoms. The Balaban J connectivity index is 1.80. The quantitative estimate of drug-likeness (QED) is 0.791. The average Bonchev–Trinajstić information content (AvgIpc) is 2.98. The molecule has 1 aromatic carbocycles. The Hall–Kier alpha value is -1.86. The Morgan fingerprint density at radius 2 is 2.25 bits per heavy atom. The van der Waals surface area contributed by atoms with Gasteiger partial charge in [0.25, 0.3) is 0 Å². The zero-order chi connectivity index (χ0) is 14.0. The minimum absolute atomic E-state index is 0.201. The van der Waals surface area contributed by atoms with Crippen LogP contribution in [0, 0.1) is 0 Å². The predicted molar refractivity (Wildman–Crippen MR) is 75.9 cm³/mol. The lowest BCUT2D eigenvalue weighted by Crippen LogP contribution is -2.24. The number of nitrogens with one attached hydrogen (secondary N) is 3. The number of nitrogens with zero attached hydrogens (tertiary/aromatic N) is 1. The van der Waals surface area contributed by atoms with E-state index in [9.17, 15) is 8.42 Å². The standard InChI is InChI=1S/C13H16N4O2S/c18-20(19,17-8-11-7-14-9-16-11)12-4-3-10-2-1-5-15-13(10)6-12/h3-4,6-7,9,15,17H,1-2,5,8H2,(H,14,16). The molecule has 3 rings (SSSR count). The number of benzene rings is 1. The second kappa shape index (κ2) is 5.26. The first-order chi connectivity index (χ1) is 9.65. The molecule has 106 valence electrons. The van der Waals surface area contributed by atoms with Crippen molar-refractivity contribution >= 4 is 15.7 Å². The largest absolute Gasteiger partial charge is 0.385 e. The highest BCUT2D eigenvalue weighted by Crippen LogP contribution is 2.25. The van der Waals surface area contributed by atoms with Gasteiger partial charge in [-0.1, -0.05) is 6.07 Å². The van der Waals surface area contributed by atoms with Gasteiger partial charge in [0.1, 0.15) is 0 Å². The molecular weight excluding hydrogens is 276 g/mol. The Morgan fingerprint density at radius 1 is 1.35 bits per heavy atom. The van der Waals surface area contributed by atoms with Crippen LogP contribution in [0.4, 0.5) is 5.69 Å². The summed E-state index contributed by atoms with van der Waals surface area (Å²) in [5, 5.41) is 3.24. The van der Waals surface area contributed by atoms with Crippen molar-refractivity contribution in [2.75, 3.05) is 11.9 Å². The molecule has 0 radical (unpaired) electrons. The Labute approximate surface area is 117 Å². The fourth-order valence-electron chi connectivity index (χ4n) is 2.24. The summed E-state index contributed by atoms with van der Waals surface area (Å²) in [4.78, 5) is 7.00. The molecule has 0 amide bonds. The topological polar surface area (TPSA) is 86.9 Å². The summed E-state index contributed by atoms with van der Waals surface area (Å²) < 4.78 is 27.0. The fourth-order valence-corrected chi connectivity index (χ4v) is 3.28. The van der Waals surface area contributed by atoms with Gasteiger partial charge in [-0.2, -0.15) is 0 Å². The summed E-state index contributed by atoms with van der Waals surface area (Å²) in [5.74, 6) is 0. The van der Waals surface area contributed by atoms with Crippen LogP contribution in [0.3, 0.4) is 0 Å². The lowest BCUT2D eigenvalue weighted by Gasteiger charge is -2.18. The molecule has 0 saturated carbocycles. The number of aromatic nitrogens is 2. The molecule has 1 aliphatic rings. The molecule has 0 aliphatic carbocycles. The number of rotatable bonds is 4. The second-order valence-electron chi connectivity index (χ2n) is 4.75. The fraction of sp³-hybridized carbons (Fsp3) is 0.308. The third kappa shape index (κ3) is 2.68. The van der Waals surface area contributed by atoms with Crippen LogP contribution in [0.25, 0.3) is 0 Å². The molecule has 1 aliphatic heterocycles. The number of hydrogen-bond acceptors (Lipinski definition) is 4. The van der Waals surface area contributed by atoms with E-state index in [1.54, 1.807) is 18.3 Å². The Kier molecular flexibility index (Phi) is 3.45. The molecule has 2 heterocycles. The van der Waals surface area contributed by atoms with Gasteiger partial charge < -0.3 is 10.3 Å². The van der Waals surface area contributed by atoms with Crippen LogP contribution in [-0.4, -0.2) is 24.9 Å². The molecule has 2 aromatic rings. The molecule has 7 heteroatoms. The second-order valence-corrected chi connectivity index (χ2v) is 6.52. The third-order valence-electron chi connectivity index (χ3n) is 3.34. The van der Waals surface area contributed by atoms with Gasteiger partial charge in [-0.05, 0) is 30.5 Å². The SMILES string of the molecule is O=S(=O)(NCc1cnc[nH]1)c1ccc2c(c1)NCCC2. The minimum Gasteiger partial charge on any atom is -0.385 e. The number of anilines is 1.